The average molecular weight is 403 g/mol. The molecule has 2 aromatic carbocycles. The summed E-state index contributed by atoms with van der Waals surface area (Å²) in [7, 11) is 0. The predicted molar refractivity (Wildman–Crippen MR) is 114 cm³/mol. The van der Waals surface area contributed by atoms with Gasteiger partial charge in [-0.15, -0.1) is 0 Å². The van der Waals surface area contributed by atoms with E-state index in [1.165, 1.54) is 4.57 Å². The molecule has 4 aromatic rings. The van der Waals surface area contributed by atoms with Gasteiger partial charge in [0.1, 0.15) is 5.56 Å². The Balaban J connectivity index is 1.71. The second-order valence-corrected chi connectivity index (χ2v) is 7.67. The van der Waals surface area contributed by atoms with Gasteiger partial charge >= 0.3 is 5.69 Å². The SMILES string of the molecule is CCc1ccc(-n2c(O)c([C@@H]3[NH2+]CCc4c3[nH]c3ccccc43)c(=O)[nH]c2=O)cc1. The Morgan fingerprint density at radius 1 is 1.10 bits per heavy atom. The van der Waals surface area contributed by atoms with E-state index in [-0.39, 0.29) is 11.4 Å². The minimum atomic E-state index is -0.654. The quantitative estimate of drug-likeness (QED) is 0.416. The van der Waals surface area contributed by atoms with Gasteiger partial charge in [-0.1, -0.05) is 37.3 Å². The maximum absolute atomic E-state index is 12.8. The first kappa shape index (κ1) is 18.4. The van der Waals surface area contributed by atoms with Gasteiger partial charge < -0.3 is 15.4 Å². The molecule has 0 amide bonds. The number of quaternary nitrogens is 1. The number of hydrogen-bond donors (Lipinski definition) is 4. The molecule has 0 unspecified atom stereocenters. The van der Waals surface area contributed by atoms with Crippen molar-refractivity contribution in [3.05, 3.63) is 91.8 Å². The number of nitrogens with two attached hydrogens (primary N) is 1. The van der Waals surface area contributed by atoms with E-state index >= 15 is 0 Å². The third-order valence-corrected chi connectivity index (χ3v) is 5.99. The fraction of sp³-hybridized carbons (Fsp3) is 0.217. The summed E-state index contributed by atoms with van der Waals surface area (Å²) in [5, 5.41) is 14.2. The molecule has 0 bridgehead atoms. The van der Waals surface area contributed by atoms with Crippen LogP contribution in [0.25, 0.3) is 16.6 Å². The first-order valence-corrected chi connectivity index (χ1v) is 10.2. The van der Waals surface area contributed by atoms with Gasteiger partial charge in [-0.25, -0.2) is 9.36 Å². The summed E-state index contributed by atoms with van der Waals surface area (Å²) in [6.07, 6.45) is 1.74. The van der Waals surface area contributed by atoms with E-state index in [1.54, 1.807) is 12.1 Å². The minimum Gasteiger partial charge on any atom is -0.494 e. The van der Waals surface area contributed by atoms with E-state index < -0.39 is 17.3 Å². The van der Waals surface area contributed by atoms with Gasteiger partial charge in [-0.2, -0.15) is 0 Å². The lowest BCUT2D eigenvalue weighted by atomic mass is 9.95. The number of fused-ring (bicyclic) bond motifs is 3. The lowest BCUT2D eigenvalue weighted by Crippen LogP contribution is -2.87. The van der Waals surface area contributed by atoms with E-state index in [1.807, 2.05) is 42.6 Å². The molecule has 3 heterocycles. The number of aromatic hydroxyl groups is 1. The molecular formula is C23H23N4O3+. The van der Waals surface area contributed by atoms with Crippen LogP contribution in [0.4, 0.5) is 0 Å². The highest BCUT2D eigenvalue weighted by atomic mass is 16.3. The zero-order valence-electron chi connectivity index (χ0n) is 16.6. The van der Waals surface area contributed by atoms with Gasteiger partial charge in [0.25, 0.3) is 5.56 Å². The van der Waals surface area contributed by atoms with Crippen LogP contribution in [-0.4, -0.2) is 26.2 Å². The largest absolute Gasteiger partial charge is 0.494 e. The molecule has 7 heteroatoms. The van der Waals surface area contributed by atoms with Crippen LogP contribution in [0.1, 0.15) is 35.3 Å². The summed E-state index contributed by atoms with van der Waals surface area (Å²) in [4.78, 5) is 31.2. The van der Waals surface area contributed by atoms with Gasteiger partial charge in [0.15, 0.2) is 6.04 Å². The molecule has 30 heavy (non-hydrogen) atoms. The smallest absolute Gasteiger partial charge is 0.335 e. The number of nitrogens with one attached hydrogen (secondary N) is 2. The molecule has 5 N–H and O–H groups in total. The lowest BCUT2D eigenvalue weighted by molar-refractivity contribution is -0.690. The number of H-pyrrole nitrogens is 2. The van der Waals surface area contributed by atoms with Crippen LogP contribution in [0.15, 0.2) is 58.1 Å². The third-order valence-electron chi connectivity index (χ3n) is 5.99. The Kier molecular flexibility index (Phi) is 4.33. The Morgan fingerprint density at radius 2 is 1.87 bits per heavy atom. The molecule has 0 radical (unpaired) electrons. The van der Waals surface area contributed by atoms with Crippen molar-refractivity contribution in [2.24, 2.45) is 0 Å². The first-order chi connectivity index (χ1) is 14.6. The summed E-state index contributed by atoms with van der Waals surface area (Å²) in [6.45, 7) is 2.83. The normalized spacial score (nSPS) is 16.0. The Labute approximate surface area is 172 Å². The second-order valence-electron chi connectivity index (χ2n) is 7.67. The zero-order chi connectivity index (χ0) is 20.8. The average Bonchev–Trinajstić information content (AvgIpc) is 3.13. The van der Waals surface area contributed by atoms with Crippen molar-refractivity contribution in [3.8, 4) is 11.6 Å². The number of aryl methyl sites for hydroxylation is 1. The van der Waals surface area contributed by atoms with E-state index in [4.69, 9.17) is 0 Å². The van der Waals surface area contributed by atoms with Crippen LogP contribution >= 0.6 is 0 Å². The van der Waals surface area contributed by atoms with Crippen LogP contribution in [0, 0.1) is 0 Å². The van der Waals surface area contributed by atoms with Crippen LogP contribution in [0.2, 0.25) is 0 Å². The molecule has 152 valence electrons. The first-order valence-electron chi connectivity index (χ1n) is 10.2. The van der Waals surface area contributed by atoms with Crippen molar-refractivity contribution in [2.75, 3.05) is 6.54 Å². The van der Waals surface area contributed by atoms with Crippen molar-refractivity contribution >= 4 is 10.9 Å². The monoisotopic (exact) mass is 403 g/mol. The van der Waals surface area contributed by atoms with E-state index in [0.717, 1.165) is 47.1 Å². The number of aromatic nitrogens is 3. The summed E-state index contributed by atoms with van der Waals surface area (Å²) < 4.78 is 1.17. The van der Waals surface area contributed by atoms with Crippen molar-refractivity contribution in [1.29, 1.82) is 0 Å². The van der Waals surface area contributed by atoms with Gasteiger partial charge in [0.05, 0.1) is 17.9 Å². The van der Waals surface area contributed by atoms with Crippen LogP contribution in [-0.2, 0) is 12.8 Å². The minimum absolute atomic E-state index is 0.182. The van der Waals surface area contributed by atoms with Gasteiger partial charge in [0.2, 0.25) is 5.88 Å². The van der Waals surface area contributed by atoms with Gasteiger partial charge in [-0.05, 0) is 35.7 Å². The van der Waals surface area contributed by atoms with Crippen LogP contribution in [0.3, 0.4) is 0 Å². The lowest BCUT2D eigenvalue weighted by Gasteiger charge is -2.22. The van der Waals surface area contributed by atoms with Crippen molar-refractivity contribution in [1.82, 2.24) is 14.5 Å². The topological polar surface area (TPSA) is 107 Å². The molecule has 0 saturated heterocycles. The number of hydrogen-bond acceptors (Lipinski definition) is 3. The maximum atomic E-state index is 12.8. The van der Waals surface area contributed by atoms with Gasteiger partial charge in [-0.3, -0.25) is 9.78 Å². The number of rotatable bonds is 3. The molecule has 2 aromatic heterocycles. The molecule has 1 atom stereocenters. The van der Waals surface area contributed by atoms with Crippen molar-refractivity contribution in [2.45, 2.75) is 25.8 Å². The standard InChI is InChI=1S/C23H22N4O3/c1-2-13-7-9-14(10-8-13)27-22(29)18(21(28)26-23(27)30)20-19-16(11-12-24-20)15-5-3-4-6-17(15)25-19/h3-10,20,24-25,29H,2,11-12H2,1H3,(H,26,28,30)/p+1/t20-/m0/s1. The Bertz CT molecular complexity index is 1360. The molecule has 0 fully saturated rings. The molecule has 0 spiro atoms. The van der Waals surface area contributed by atoms with Crippen LogP contribution in [0.5, 0.6) is 5.88 Å². The van der Waals surface area contributed by atoms with E-state index in [0.29, 0.717) is 5.69 Å². The Morgan fingerprint density at radius 3 is 2.63 bits per heavy atom. The van der Waals surface area contributed by atoms with E-state index in [2.05, 4.69) is 16.0 Å². The molecule has 0 saturated carbocycles. The number of nitrogens with zero attached hydrogens (tertiary/aromatic N) is 1. The highest BCUT2D eigenvalue weighted by molar-refractivity contribution is 5.85. The summed E-state index contributed by atoms with van der Waals surface area (Å²) in [5.74, 6) is -0.319. The number of aromatic amines is 2. The molecule has 1 aliphatic heterocycles. The fourth-order valence-electron chi connectivity index (χ4n) is 4.47. The molecule has 7 nitrogen and oxygen atoms in total. The third kappa shape index (κ3) is 2.78. The summed E-state index contributed by atoms with van der Waals surface area (Å²) >= 11 is 0. The Hall–Kier alpha value is -3.58. The second kappa shape index (κ2) is 7.03. The number of benzene rings is 2. The highest BCUT2D eigenvalue weighted by Crippen LogP contribution is 2.32. The van der Waals surface area contributed by atoms with Crippen LogP contribution < -0.4 is 16.6 Å². The molecule has 0 aliphatic carbocycles. The zero-order valence-corrected chi connectivity index (χ0v) is 16.6. The molecule has 1 aliphatic rings. The van der Waals surface area contributed by atoms with Crippen molar-refractivity contribution < 1.29 is 10.4 Å². The summed E-state index contributed by atoms with van der Waals surface area (Å²) in [6, 6.07) is 15.0. The van der Waals surface area contributed by atoms with E-state index in [9.17, 15) is 14.7 Å². The fourth-order valence-corrected chi connectivity index (χ4v) is 4.47. The molecular weight excluding hydrogens is 380 g/mol. The molecule has 5 rings (SSSR count). The van der Waals surface area contributed by atoms with Crippen molar-refractivity contribution in [3.63, 3.8) is 0 Å². The van der Waals surface area contributed by atoms with Gasteiger partial charge in [0, 0.05) is 17.3 Å². The predicted octanol–water partition coefficient (Wildman–Crippen LogP) is 1.48. The summed E-state index contributed by atoms with van der Waals surface area (Å²) in [5.41, 5.74) is 3.66. The maximum Gasteiger partial charge on any atom is 0.335 e. The highest BCUT2D eigenvalue weighted by Gasteiger charge is 2.34. The number of para-hydroxylation sites is 1.